The molecule has 1 amide bonds. The van der Waals surface area contributed by atoms with Crippen LogP contribution in [0.2, 0.25) is 0 Å². The second kappa shape index (κ2) is 7.65. The van der Waals surface area contributed by atoms with E-state index in [9.17, 15) is 4.79 Å². The summed E-state index contributed by atoms with van der Waals surface area (Å²) >= 11 is 1.46. The molecule has 18 heavy (non-hydrogen) atoms. The van der Waals surface area contributed by atoms with Crippen LogP contribution in [0.1, 0.15) is 20.3 Å². The Kier molecular flexibility index (Phi) is 6.13. The summed E-state index contributed by atoms with van der Waals surface area (Å²) in [6.07, 6.45) is 7.22. The van der Waals surface area contributed by atoms with Crippen LogP contribution in [-0.4, -0.2) is 31.9 Å². The summed E-state index contributed by atoms with van der Waals surface area (Å²) in [5, 5.41) is 11.7. The van der Waals surface area contributed by atoms with Gasteiger partial charge in [-0.1, -0.05) is 42.5 Å². The highest BCUT2D eigenvalue weighted by Gasteiger charge is 2.07. The van der Waals surface area contributed by atoms with E-state index < -0.39 is 5.91 Å². The standard InChI is InChI=1S/C11H17N5OS/c1-3-9(4-2)6-5-7-18-11-13-14-15-16(11)8-10(12)17/h3,5-6H,4,7-8H2,1-2H3,(H2,12,17). The number of primary amides is 1. The Morgan fingerprint density at radius 1 is 1.56 bits per heavy atom. The van der Waals surface area contributed by atoms with Gasteiger partial charge in [0.15, 0.2) is 0 Å². The first kappa shape index (κ1) is 14.4. The molecule has 0 aromatic carbocycles. The van der Waals surface area contributed by atoms with Crippen LogP contribution in [0.25, 0.3) is 0 Å². The second-order valence-electron chi connectivity index (χ2n) is 3.52. The molecule has 7 heteroatoms. The Labute approximate surface area is 110 Å². The SMILES string of the molecule is CC=C(C=CCSc1nnnn1CC(N)=O)CC. The summed E-state index contributed by atoms with van der Waals surface area (Å²) in [7, 11) is 0. The number of hydrogen-bond acceptors (Lipinski definition) is 5. The average Bonchev–Trinajstić information content (AvgIpc) is 2.76. The Hall–Kier alpha value is -1.63. The van der Waals surface area contributed by atoms with E-state index in [1.54, 1.807) is 0 Å². The molecule has 1 rings (SSSR count). The molecule has 0 saturated carbocycles. The number of thioether (sulfide) groups is 1. The van der Waals surface area contributed by atoms with Crippen molar-refractivity contribution in [1.82, 2.24) is 20.2 Å². The number of nitrogens with two attached hydrogens (primary N) is 1. The molecule has 0 radical (unpaired) electrons. The summed E-state index contributed by atoms with van der Waals surface area (Å²) in [5.74, 6) is 0.290. The molecule has 1 aromatic heterocycles. The van der Waals surface area contributed by atoms with Crippen LogP contribution in [-0.2, 0) is 11.3 Å². The zero-order chi connectivity index (χ0) is 13.4. The Morgan fingerprint density at radius 2 is 2.33 bits per heavy atom. The number of allylic oxidation sites excluding steroid dienone is 3. The number of aromatic nitrogens is 4. The predicted octanol–water partition coefficient (Wildman–Crippen LogP) is 1.16. The summed E-state index contributed by atoms with van der Waals surface area (Å²) < 4.78 is 1.40. The molecule has 0 atom stereocenters. The van der Waals surface area contributed by atoms with Gasteiger partial charge in [0.25, 0.3) is 0 Å². The van der Waals surface area contributed by atoms with Gasteiger partial charge in [-0.05, 0) is 23.8 Å². The highest BCUT2D eigenvalue weighted by molar-refractivity contribution is 7.99. The quantitative estimate of drug-likeness (QED) is 0.592. The lowest BCUT2D eigenvalue weighted by molar-refractivity contribution is -0.118. The predicted molar refractivity (Wildman–Crippen MR) is 70.9 cm³/mol. The third-order valence-corrected chi connectivity index (χ3v) is 3.13. The summed E-state index contributed by atoms with van der Waals surface area (Å²) in [4.78, 5) is 10.8. The molecule has 1 aromatic rings. The van der Waals surface area contributed by atoms with Crippen molar-refractivity contribution < 1.29 is 4.79 Å². The van der Waals surface area contributed by atoms with Gasteiger partial charge in [-0.15, -0.1) is 5.10 Å². The molecule has 0 fully saturated rings. The fourth-order valence-corrected chi connectivity index (χ4v) is 1.97. The van der Waals surface area contributed by atoms with Crippen LogP contribution in [0.4, 0.5) is 0 Å². The minimum atomic E-state index is -0.457. The van der Waals surface area contributed by atoms with Gasteiger partial charge in [-0.2, -0.15) is 0 Å². The van der Waals surface area contributed by atoms with Crippen molar-refractivity contribution in [3.05, 3.63) is 23.8 Å². The number of tetrazole rings is 1. The van der Waals surface area contributed by atoms with Gasteiger partial charge >= 0.3 is 0 Å². The van der Waals surface area contributed by atoms with E-state index >= 15 is 0 Å². The maximum absolute atomic E-state index is 10.8. The van der Waals surface area contributed by atoms with Crippen molar-refractivity contribution in [3.63, 3.8) is 0 Å². The van der Waals surface area contributed by atoms with Crippen molar-refractivity contribution in [3.8, 4) is 0 Å². The lowest BCUT2D eigenvalue weighted by Gasteiger charge is -1.99. The fraction of sp³-hybridized carbons (Fsp3) is 0.455. The van der Waals surface area contributed by atoms with E-state index in [1.807, 2.05) is 13.0 Å². The van der Waals surface area contributed by atoms with E-state index in [1.165, 1.54) is 22.0 Å². The number of carbonyl (C=O) groups excluding carboxylic acids is 1. The van der Waals surface area contributed by atoms with Gasteiger partial charge in [0, 0.05) is 5.75 Å². The van der Waals surface area contributed by atoms with Crippen LogP contribution in [0.15, 0.2) is 29.0 Å². The van der Waals surface area contributed by atoms with Crippen molar-refractivity contribution >= 4 is 17.7 Å². The molecular weight excluding hydrogens is 250 g/mol. The normalized spacial score (nSPS) is 12.2. The minimum Gasteiger partial charge on any atom is -0.368 e. The molecule has 0 aliphatic rings. The van der Waals surface area contributed by atoms with Gasteiger partial charge in [-0.3, -0.25) is 4.79 Å². The minimum absolute atomic E-state index is 0.00806. The van der Waals surface area contributed by atoms with Gasteiger partial charge in [0.1, 0.15) is 6.54 Å². The molecule has 0 bridgehead atoms. The van der Waals surface area contributed by atoms with E-state index in [-0.39, 0.29) is 6.54 Å². The zero-order valence-electron chi connectivity index (χ0n) is 10.5. The highest BCUT2D eigenvalue weighted by Crippen LogP contribution is 2.14. The van der Waals surface area contributed by atoms with E-state index in [0.29, 0.717) is 5.16 Å². The first-order valence-corrected chi connectivity index (χ1v) is 6.65. The third kappa shape index (κ3) is 4.70. The van der Waals surface area contributed by atoms with Gasteiger partial charge < -0.3 is 5.73 Å². The van der Waals surface area contributed by atoms with Crippen LogP contribution < -0.4 is 5.73 Å². The van der Waals surface area contributed by atoms with Gasteiger partial charge in [0.05, 0.1) is 0 Å². The largest absolute Gasteiger partial charge is 0.368 e. The summed E-state index contributed by atoms with van der Waals surface area (Å²) in [5.41, 5.74) is 6.38. The molecule has 6 nitrogen and oxygen atoms in total. The molecule has 0 spiro atoms. The monoisotopic (exact) mass is 267 g/mol. The zero-order valence-corrected chi connectivity index (χ0v) is 11.4. The number of carbonyl (C=O) groups is 1. The van der Waals surface area contributed by atoms with Crippen molar-refractivity contribution in [1.29, 1.82) is 0 Å². The molecule has 0 unspecified atom stereocenters. The average molecular weight is 267 g/mol. The second-order valence-corrected chi connectivity index (χ2v) is 4.50. The van der Waals surface area contributed by atoms with Crippen molar-refractivity contribution in [2.24, 2.45) is 5.73 Å². The summed E-state index contributed by atoms with van der Waals surface area (Å²) in [6, 6.07) is 0. The smallest absolute Gasteiger partial charge is 0.239 e. The topological polar surface area (TPSA) is 86.7 Å². The Balaban J connectivity index is 2.49. The van der Waals surface area contributed by atoms with Crippen LogP contribution in [0.5, 0.6) is 0 Å². The lowest BCUT2D eigenvalue weighted by Crippen LogP contribution is -2.20. The molecular formula is C11H17N5OS. The van der Waals surface area contributed by atoms with Crippen LogP contribution in [0, 0.1) is 0 Å². The van der Waals surface area contributed by atoms with E-state index in [0.717, 1.165) is 12.2 Å². The maximum atomic E-state index is 10.8. The molecule has 0 aliphatic heterocycles. The molecule has 0 aliphatic carbocycles. The van der Waals surface area contributed by atoms with Crippen molar-refractivity contribution in [2.45, 2.75) is 32.0 Å². The number of amides is 1. The van der Waals surface area contributed by atoms with Crippen LogP contribution in [0.3, 0.4) is 0 Å². The summed E-state index contributed by atoms with van der Waals surface area (Å²) in [6.45, 7) is 4.14. The number of hydrogen-bond donors (Lipinski definition) is 1. The van der Waals surface area contributed by atoms with Gasteiger partial charge in [-0.25, -0.2) is 4.68 Å². The third-order valence-electron chi connectivity index (χ3n) is 2.22. The Morgan fingerprint density at radius 3 is 2.94 bits per heavy atom. The molecule has 1 heterocycles. The van der Waals surface area contributed by atoms with Crippen LogP contribution >= 0.6 is 11.8 Å². The molecule has 98 valence electrons. The first-order chi connectivity index (χ1) is 8.67. The number of nitrogens with zero attached hydrogens (tertiary/aromatic N) is 4. The maximum Gasteiger partial charge on any atom is 0.239 e. The van der Waals surface area contributed by atoms with E-state index in [4.69, 9.17) is 5.73 Å². The Bertz CT molecular complexity index is 452. The van der Waals surface area contributed by atoms with Gasteiger partial charge in [0.2, 0.25) is 11.1 Å². The first-order valence-electron chi connectivity index (χ1n) is 5.66. The fourth-order valence-electron chi connectivity index (χ4n) is 1.29. The van der Waals surface area contributed by atoms with Crippen molar-refractivity contribution in [2.75, 3.05) is 5.75 Å². The van der Waals surface area contributed by atoms with E-state index in [2.05, 4.69) is 34.6 Å². The molecule has 2 N–H and O–H groups in total. The highest BCUT2D eigenvalue weighted by atomic mass is 32.2. The number of rotatable bonds is 7. The molecule has 0 saturated heterocycles. The lowest BCUT2D eigenvalue weighted by atomic mass is 10.2.